The molecule has 5 heteroatoms. The van der Waals surface area contributed by atoms with Crippen LogP contribution in [-0.2, 0) is 9.59 Å². The fourth-order valence-electron chi connectivity index (χ4n) is 3.29. The summed E-state index contributed by atoms with van der Waals surface area (Å²) in [6.45, 7) is 0. The van der Waals surface area contributed by atoms with E-state index in [4.69, 9.17) is 0 Å². The van der Waals surface area contributed by atoms with Gasteiger partial charge in [-0.2, -0.15) is 0 Å². The standard InChI is InChI=1S/C15H14BrNO3/c16-10-2-1-3-11(7-10)17-14(18)12-8-4-5-9(6-8)13(12)15(19)20/h1-5,7-9,12-13H,6H2,(H,17,18)(H,19,20)/p-1/t8-,9+,12+,13+/m1/s1. The summed E-state index contributed by atoms with van der Waals surface area (Å²) in [5.41, 5.74) is 0.660. The minimum Gasteiger partial charge on any atom is -0.550 e. The normalized spacial score (nSPS) is 30.4. The second kappa shape index (κ2) is 5.05. The smallest absolute Gasteiger partial charge is 0.228 e. The number of carbonyl (C=O) groups excluding carboxylic acids is 2. The minimum absolute atomic E-state index is 0.00931. The molecule has 104 valence electrons. The molecule has 0 unspecified atom stereocenters. The number of carbonyl (C=O) groups is 2. The molecule has 1 aromatic carbocycles. The van der Waals surface area contributed by atoms with Gasteiger partial charge in [0.25, 0.3) is 0 Å². The van der Waals surface area contributed by atoms with Crippen LogP contribution in [0, 0.1) is 23.7 Å². The summed E-state index contributed by atoms with van der Waals surface area (Å²) in [7, 11) is 0. The average molecular weight is 335 g/mol. The molecule has 0 radical (unpaired) electrons. The number of fused-ring (bicyclic) bond motifs is 2. The van der Waals surface area contributed by atoms with E-state index in [9.17, 15) is 14.7 Å². The Labute approximate surface area is 125 Å². The highest BCUT2D eigenvalue weighted by molar-refractivity contribution is 9.10. The zero-order valence-corrected chi connectivity index (χ0v) is 12.2. The van der Waals surface area contributed by atoms with Gasteiger partial charge in [0.15, 0.2) is 0 Å². The van der Waals surface area contributed by atoms with E-state index in [0.717, 1.165) is 10.9 Å². The third kappa shape index (κ3) is 2.26. The molecule has 1 N–H and O–H groups in total. The molecular formula is C15H13BrNO3-. The van der Waals surface area contributed by atoms with Crippen LogP contribution in [0.25, 0.3) is 0 Å². The third-order valence-corrected chi connectivity index (χ3v) is 4.62. The predicted molar refractivity (Wildman–Crippen MR) is 75.5 cm³/mol. The molecule has 0 saturated heterocycles. The Balaban J connectivity index is 1.80. The van der Waals surface area contributed by atoms with Crippen LogP contribution in [0.1, 0.15) is 6.42 Å². The first-order valence-corrected chi connectivity index (χ1v) is 7.31. The van der Waals surface area contributed by atoms with Crippen molar-refractivity contribution >= 4 is 33.5 Å². The van der Waals surface area contributed by atoms with Crippen molar-refractivity contribution in [2.24, 2.45) is 23.7 Å². The monoisotopic (exact) mass is 334 g/mol. The van der Waals surface area contributed by atoms with E-state index >= 15 is 0 Å². The molecule has 0 spiro atoms. The van der Waals surface area contributed by atoms with E-state index in [1.165, 1.54) is 0 Å². The number of anilines is 1. The lowest BCUT2D eigenvalue weighted by molar-refractivity contribution is -0.313. The fraction of sp³-hybridized carbons (Fsp3) is 0.333. The number of amides is 1. The summed E-state index contributed by atoms with van der Waals surface area (Å²) in [5, 5.41) is 14.1. The van der Waals surface area contributed by atoms with E-state index in [1.54, 1.807) is 12.1 Å². The molecule has 1 amide bonds. The lowest BCUT2D eigenvalue weighted by Crippen LogP contribution is -2.42. The number of hydrogen-bond acceptors (Lipinski definition) is 3. The first-order chi connectivity index (χ1) is 9.56. The number of rotatable bonds is 3. The summed E-state index contributed by atoms with van der Waals surface area (Å²) in [6, 6.07) is 7.24. The van der Waals surface area contributed by atoms with Crippen molar-refractivity contribution in [3.63, 3.8) is 0 Å². The van der Waals surface area contributed by atoms with Crippen LogP contribution in [0.4, 0.5) is 5.69 Å². The third-order valence-electron chi connectivity index (χ3n) is 4.13. The van der Waals surface area contributed by atoms with E-state index in [-0.39, 0.29) is 17.7 Å². The first-order valence-electron chi connectivity index (χ1n) is 6.52. The van der Waals surface area contributed by atoms with Gasteiger partial charge in [-0.15, -0.1) is 0 Å². The van der Waals surface area contributed by atoms with Gasteiger partial charge in [0, 0.05) is 22.0 Å². The van der Waals surface area contributed by atoms with Crippen molar-refractivity contribution in [1.29, 1.82) is 0 Å². The summed E-state index contributed by atoms with van der Waals surface area (Å²) in [4.78, 5) is 23.7. The molecule has 2 aliphatic carbocycles. The van der Waals surface area contributed by atoms with Gasteiger partial charge in [0.05, 0.1) is 5.92 Å². The van der Waals surface area contributed by atoms with Gasteiger partial charge in [0.2, 0.25) is 5.91 Å². The first kappa shape index (κ1) is 13.4. The van der Waals surface area contributed by atoms with Crippen molar-refractivity contribution < 1.29 is 14.7 Å². The maximum atomic E-state index is 12.4. The second-order valence-electron chi connectivity index (χ2n) is 5.32. The minimum atomic E-state index is -1.13. The number of allylic oxidation sites excluding steroid dienone is 2. The highest BCUT2D eigenvalue weighted by Crippen LogP contribution is 2.48. The van der Waals surface area contributed by atoms with Gasteiger partial charge in [-0.3, -0.25) is 4.79 Å². The maximum absolute atomic E-state index is 12.4. The number of halogens is 1. The van der Waals surface area contributed by atoms with Crippen LogP contribution in [0.15, 0.2) is 40.9 Å². The van der Waals surface area contributed by atoms with Gasteiger partial charge in [-0.25, -0.2) is 0 Å². The molecule has 0 heterocycles. The van der Waals surface area contributed by atoms with E-state index in [1.807, 2.05) is 24.3 Å². The fourth-order valence-corrected chi connectivity index (χ4v) is 3.69. The maximum Gasteiger partial charge on any atom is 0.228 e. The number of aliphatic carboxylic acids is 1. The number of nitrogens with one attached hydrogen (secondary N) is 1. The Kier molecular flexibility index (Phi) is 3.38. The van der Waals surface area contributed by atoms with Gasteiger partial charge in [-0.05, 0) is 36.5 Å². The SMILES string of the molecule is O=C(Nc1cccc(Br)c1)[C@@H]1[C@@H](C(=O)[O-])[C@H]2C=C[C@@H]1C2. The van der Waals surface area contributed by atoms with Crippen molar-refractivity contribution in [2.75, 3.05) is 5.32 Å². The molecular weight excluding hydrogens is 322 g/mol. The van der Waals surface area contributed by atoms with Crippen LogP contribution >= 0.6 is 15.9 Å². The molecule has 4 nitrogen and oxygen atoms in total. The number of carboxylic acid groups (broad SMARTS) is 1. The Morgan fingerprint density at radius 1 is 1.20 bits per heavy atom. The Morgan fingerprint density at radius 2 is 1.90 bits per heavy atom. The van der Waals surface area contributed by atoms with Crippen molar-refractivity contribution in [1.82, 2.24) is 0 Å². The number of carboxylic acids is 1. The molecule has 3 rings (SSSR count). The molecule has 2 aliphatic rings. The predicted octanol–water partition coefficient (Wildman–Crippen LogP) is 1.58. The van der Waals surface area contributed by atoms with E-state index in [0.29, 0.717) is 5.69 Å². The van der Waals surface area contributed by atoms with Gasteiger partial charge in [0.1, 0.15) is 0 Å². The summed E-state index contributed by atoms with van der Waals surface area (Å²) < 4.78 is 0.861. The molecule has 4 atom stereocenters. The molecule has 1 aromatic rings. The molecule has 1 saturated carbocycles. The largest absolute Gasteiger partial charge is 0.550 e. The Bertz CT molecular complexity index is 599. The summed E-state index contributed by atoms with van der Waals surface area (Å²) in [5.74, 6) is -2.67. The van der Waals surface area contributed by atoms with Crippen LogP contribution in [0.2, 0.25) is 0 Å². The van der Waals surface area contributed by atoms with Crippen LogP contribution in [0.5, 0.6) is 0 Å². The quantitative estimate of drug-likeness (QED) is 0.853. The van der Waals surface area contributed by atoms with E-state index < -0.39 is 17.8 Å². The highest BCUT2D eigenvalue weighted by Gasteiger charge is 2.48. The topological polar surface area (TPSA) is 69.2 Å². The Hall–Kier alpha value is -1.62. The number of hydrogen-bond donors (Lipinski definition) is 1. The van der Waals surface area contributed by atoms with Crippen LogP contribution in [0.3, 0.4) is 0 Å². The van der Waals surface area contributed by atoms with E-state index in [2.05, 4.69) is 21.2 Å². The van der Waals surface area contributed by atoms with Crippen molar-refractivity contribution in [3.05, 3.63) is 40.9 Å². The highest BCUT2D eigenvalue weighted by atomic mass is 79.9. The molecule has 20 heavy (non-hydrogen) atoms. The summed E-state index contributed by atoms with van der Waals surface area (Å²) in [6.07, 6.45) is 4.58. The average Bonchev–Trinajstić information content (AvgIpc) is 2.98. The molecule has 0 aliphatic heterocycles. The van der Waals surface area contributed by atoms with Crippen molar-refractivity contribution in [2.45, 2.75) is 6.42 Å². The van der Waals surface area contributed by atoms with Crippen molar-refractivity contribution in [3.8, 4) is 0 Å². The van der Waals surface area contributed by atoms with Gasteiger partial charge < -0.3 is 15.2 Å². The lowest BCUT2D eigenvalue weighted by atomic mass is 9.82. The molecule has 0 aromatic heterocycles. The summed E-state index contributed by atoms with van der Waals surface area (Å²) >= 11 is 3.34. The molecule has 1 fully saturated rings. The van der Waals surface area contributed by atoms with Crippen LogP contribution in [-0.4, -0.2) is 11.9 Å². The van der Waals surface area contributed by atoms with Crippen LogP contribution < -0.4 is 10.4 Å². The molecule has 2 bridgehead atoms. The number of benzene rings is 1. The second-order valence-corrected chi connectivity index (χ2v) is 6.23. The zero-order valence-electron chi connectivity index (χ0n) is 10.6. The Morgan fingerprint density at radius 3 is 2.55 bits per heavy atom. The van der Waals surface area contributed by atoms with Gasteiger partial charge in [-0.1, -0.05) is 34.1 Å². The van der Waals surface area contributed by atoms with Gasteiger partial charge >= 0.3 is 0 Å². The lowest BCUT2D eigenvalue weighted by Gasteiger charge is -2.27. The zero-order chi connectivity index (χ0) is 14.3.